The molecule has 0 spiro atoms. The highest BCUT2D eigenvalue weighted by atomic mass is 15.6. The van der Waals surface area contributed by atoms with E-state index < -0.39 is 0 Å². The Kier molecular flexibility index (Phi) is 4.58. The van der Waals surface area contributed by atoms with Crippen LogP contribution >= 0.6 is 0 Å². The second-order valence-electron chi connectivity index (χ2n) is 3.60. The van der Waals surface area contributed by atoms with Crippen LogP contribution in [0.2, 0.25) is 0 Å². The lowest BCUT2D eigenvalue weighted by molar-refractivity contribution is 0.273. The molecule has 0 aliphatic carbocycles. The topological polar surface area (TPSA) is 27.3 Å². The van der Waals surface area contributed by atoms with Gasteiger partial charge in [0, 0.05) is 0 Å². The van der Waals surface area contributed by atoms with Crippen LogP contribution < -0.4 is 10.9 Å². The monoisotopic (exact) mass is 171 g/mol. The average Bonchev–Trinajstić information content (AvgIpc) is 2.46. The van der Waals surface area contributed by atoms with Gasteiger partial charge in [0.05, 0.1) is 12.8 Å². The first kappa shape index (κ1) is 9.96. The lowest BCUT2D eigenvalue weighted by Gasteiger charge is -2.17. The Bertz CT molecular complexity index is 116. The fourth-order valence-corrected chi connectivity index (χ4v) is 1.57. The number of unbranched alkanes of at least 4 members (excludes halogenated alkanes) is 3. The molecule has 0 radical (unpaired) electrons. The predicted molar refractivity (Wildman–Crippen MR) is 51.4 cm³/mol. The molecular weight excluding hydrogens is 150 g/mol. The molecule has 1 saturated heterocycles. The van der Waals surface area contributed by atoms with Crippen molar-refractivity contribution in [3.8, 4) is 0 Å². The third-order valence-corrected chi connectivity index (χ3v) is 2.46. The predicted octanol–water partition coefficient (Wildman–Crippen LogP) is 1.28. The van der Waals surface area contributed by atoms with Crippen molar-refractivity contribution in [3.05, 3.63) is 0 Å². The second kappa shape index (κ2) is 5.51. The van der Waals surface area contributed by atoms with Gasteiger partial charge in [0.2, 0.25) is 0 Å². The van der Waals surface area contributed by atoms with Crippen molar-refractivity contribution in [1.29, 1.82) is 0 Å². The summed E-state index contributed by atoms with van der Waals surface area (Å²) in [5, 5.41) is 0. The first-order chi connectivity index (χ1) is 5.84. The summed E-state index contributed by atoms with van der Waals surface area (Å²) in [7, 11) is 2.15. The molecule has 0 aromatic heterocycles. The molecule has 3 nitrogen and oxygen atoms in total. The molecule has 0 aromatic carbocycles. The summed E-state index contributed by atoms with van der Waals surface area (Å²) < 4.78 is 0. The molecule has 2 N–H and O–H groups in total. The van der Waals surface area contributed by atoms with E-state index in [4.69, 9.17) is 0 Å². The summed E-state index contributed by atoms with van der Waals surface area (Å²) in [6.45, 7) is 3.22. The van der Waals surface area contributed by atoms with E-state index in [1.54, 1.807) is 0 Å². The molecule has 0 aromatic rings. The van der Waals surface area contributed by atoms with Crippen LogP contribution in [-0.4, -0.2) is 24.8 Å². The molecule has 1 atom stereocenters. The minimum absolute atomic E-state index is 0.557. The maximum Gasteiger partial charge on any atom is 0.0737 e. The van der Waals surface area contributed by atoms with Crippen LogP contribution in [0.15, 0.2) is 0 Å². The highest BCUT2D eigenvalue weighted by Crippen LogP contribution is 2.08. The van der Waals surface area contributed by atoms with Gasteiger partial charge < -0.3 is 0 Å². The Hall–Kier alpha value is -0.120. The molecule has 3 heteroatoms. The Morgan fingerprint density at radius 1 is 1.33 bits per heavy atom. The molecule has 12 heavy (non-hydrogen) atoms. The molecule has 72 valence electrons. The highest BCUT2D eigenvalue weighted by Gasteiger charge is 2.18. The molecule has 0 amide bonds. The molecular formula is C9H21N3. The van der Waals surface area contributed by atoms with Crippen molar-refractivity contribution in [1.82, 2.24) is 15.8 Å². The maximum atomic E-state index is 3.26. The zero-order valence-electron chi connectivity index (χ0n) is 8.27. The van der Waals surface area contributed by atoms with E-state index in [1.165, 1.54) is 32.1 Å². The van der Waals surface area contributed by atoms with E-state index in [2.05, 4.69) is 29.7 Å². The third-order valence-electron chi connectivity index (χ3n) is 2.46. The maximum absolute atomic E-state index is 3.26. The van der Waals surface area contributed by atoms with Crippen LogP contribution in [0.1, 0.15) is 39.0 Å². The number of nitrogens with one attached hydrogen (secondary N) is 2. The van der Waals surface area contributed by atoms with Crippen molar-refractivity contribution in [2.75, 3.05) is 13.7 Å². The van der Waals surface area contributed by atoms with Gasteiger partial charge in [0.25, 0.3) is 0 Å². The van der Waals surface area contributed by atoms with Crippen LogP contribution in [0.5, 0.6) is 0 Å². The van der Waals surface area contributed by atoms with E-state index >= 15 is 0 Å². The van der Waals surface area contributed by atoms with E-state index in [9.17, 15) is 0 Å². The van der Waals surface area contributed by atoms with Crippen LogP contribution in [0.25, 0.3) is 0 Å². The van der Waals surface area contributed by atoms with E-state index in [1.807, 2.05) is 0 Å². The Balaban J connectivity index is 1.98. The SMILES string of the molecule is CCCCCC[C@H]1NNCN1C. The molecule has 0 saturated carbocycles. The van der Waals surface area contributed by atoms with Gasteiger partial charge in [-0.25, -0.2) is 10.9 Å². The van der Waals surface area contributed by atoms with E-state index in [0.29, 0.717) is 6.17 Å². The summed E-state index contributed by atoms with van der Waals surface area (Å²) in [5.41, 5.74) is 6.40. The molecule has 1 heterocycles. The quantitative estimate of drug-likeness (QED) is 0.610. The fraction of sp³-hybridized carbons (Fsp3) is 1.00. The fourth-order valence-electron chi connectivity index (χ4n) is 1.57. The van der Waals surface area contributed by atoms with Gasteiger partial charge in [-0.2, -0.15) is 0 Å². The number of hydrazine groups is 1. The molecule has 0 unspecified atom stereocenters. The molecule has 1 rings (SSSR count). The second-order valence-corrected chi connectivity index (χ2v) is 3.60. The van der Waals surface area contributed by atoms with Gasteiger partial charge >= 0.3 is 0 Å². The third kappa shape index (κ3) is 3.09. The number of hydrogen-bond donors (Lipinski definition) is 2. The lowest BCUT2D eigenvalue weighted by atomic mass is 10.1. The van der Waals surface area contributed by atoms with Crippen LogP contribution in [-0.2, 0) is 0 Å². The summed E-state index contributed by atoms with van der Waals surface area (Å²) in [6.07, 6.45) is 7.25. The van der Waals surface area contributed by atoms with Crippen molar-refractivity contribution in [2.24, 2.45) is 0 Å². The van der Waals surface area contributed by atoms with Gasteiger partial charge in [-0.15, -0.1) is 0 Å². The zero-order chi connectivity index (χ0) is 8.81. The highest BCUT2D eigenvalue weighted by molar-refractivity contribution is 4.68. The minimum atomic E-state index is 0.557. The standard InChI is InChI=1S/C9H21N3/c1-3-4-5-6-7-9-11-10-8-12(9)2/h9-11H,3-8H2,1-2H3/t9-/m0/s1. The minimum Gasteiger partial charge on any atom is -0.276 e. The summed E-state index contributed by atoms with van der Waals surface area (Å²) in [6, 6.07) is 0. The molecule has 1 aliphatic rings. The first-order valence-corrected chi connectivity index (χ1v) is 5.03. The van der Waals surface area contributed by atoms with Gasteiger partial charge in [-0.3, -0.25) is 4.90 Å². The van der Waals surface area contributed by atoms with Gasteiger partial charge in [-0.1, -0.05) is 32.6 Å². The zero-order valence-corrected chi connectivity index (χ0v) is 8.27. The average molecular weight is 171 g/mol. The van der Waals surface area contributed by atoms with Crippen molar-refractivity contribution < 1.29 is 0 Å². The molecule has 1 fully saturated rings. The van der Waals surface area contributed by atoms with Crippen molar-refractivity contribution in [3.63, 3.8) is 0 Å². The normalized spacial score (nSPS) is 25.0. The summed E-state index contributed by atoms with van der Waals surface area (Å²) >= 11 is 0. The van der Waals surface area contributed by atoms with Crippen molar-refractivity contribution in [2.45, 2.75) is 45.2 Å². The van der Waals surface area contributed by atoms with Gasteiger partial charge in [-0.05, 0) is 13.5 Å². The number of rotatable bonds is 5. The Labute approximate surface area is 75.5 Å². The Morgan fingerprint density at radius 3 is 2.75 bits per heavy atom. The molecule has 0 bridgehead atoms. The summed E-state index contributed by atoms with van der Waals surface area (Å²) in [4.78, 5) is 2.31. The molecule has 1 aliphatic heterocycles. The van der Waals surface area contributed by atoms with Crippen molar-refractivity contribution >= 4 is 0 Å². The van der Waals surface area contributed by atoms with Gasteiger partial charge in [0.1, 0.15) is 0 Å². The smallest absolute Gasteiger partial charge is 0.0737 e. The number of nitrogens with zero attached hydrogens (tertiary/aromatic N) is 1. The van der Waals surface area contributed by atoms with Crippen LogP contribution in [0, 0.1) is 0 Å². The largest absolute Gasteiger partial charge is 0.276 e. The van der Waals surface area contributed by atoms with Crippen LogP contribution in [0.4, 0.5) is 0 Å². The first-order valence-electron chi connectivity index (χ1n) is 5.03. The number of hydrogen-bond acceptors (Lipinski definition) is 3. The summed E-state index contributed by atoms with van der Waals surface area (Å²) in [5.74, 6) is 0. The van der Waals surface area contributed by atoms with Crippen LogP contribution in [0.3, 0.4) is 0 Å². The lowest BCUT2D eigenvalue weighted by Crippen LogP contribution is -2.34. The van der Waals surface area contributed by atoms with Gasteiger partial charge in [0.15, 0.2) is 0 Å². The Morgan fingerprint density at radius 2 is 2.17 bits per heavy atom. The van der Waals surface area contributed by atoms with E-state index in [-0.39, 0.29) is 0 Å². The van der Waals surface area contributed by atoms with E-state index in [0.717, 1.165) is 6.67 Å².